The van der Waals surface area contributed by atoms with Gasteiger partial charge in [0.15, 0.2) is 5.82 Å². The van der Waals surface area contributed by atoms with Crippen LogP contribution in [-0.2, 0) is 15.4 Å². The van der Waals surface area contributed by atoms with Gasteiger partial charge in [-0.25, -0.2) is 17.2 Å². The number of rotatable bonds is 3. The van der Waals surface area contributed by atoms with Crippen molar-refractivity contribution in [1.82, 2.24) is 5.16 Å². The highest BCUT2D eigenvalue weighted by atomic mass is 32.2. The Kier molecular flexibility index (Phi) is 3.75. The summed E-state index contributed by atoms with van der Waals surface area (Å²) in [6, 6.07) is 3.58. The van der Waals surface area contributed by atoms with Crippen LogP contribution in [0, 0.1) is 11.6 Å². The minimum Gasteiger partial charge on any atom is -0.359 e. The maximum Gasteiger partial charge on any atom is 0.266 e. The zero-order valence-electron chi connectivity index (χ0n) is 11.6. The molecule has 2 rings (SSSR count). The van der Waals surface area contributed by atoms with Gasteiger partial charge in [0.2, 0.25) is 0 Å². The summed E-state index contributed by atoms with van der Waals surface area (Å²) >= 11 is 0. The molecule has 0 amide bonds. The predicted molar refractivity (Wildman–Crippen MR) is 72.4 cm³/mol. The number of hydrogen-bond donors (Lipinski definition) is 1. The Bertz CT molecular complexity index is 764. The van der Waals surface area contributed by atoms with Crippen LogP contribution in [0.4, 0.5) is 14.6 Å². The van der Waals surface area contributed by atoms with Gasteiger partial charge < -0.3 is 4.52 Å². The van der Waals surface area contributed by atoms with Crippen LogP contribution < -0.4 is 4.72 Å². The Morgan fingerprint density at radius 2 is 1.86 bits per heavy atom. The molecule has 0 bridgehead atoms. The van der Waals surface area contributed by atoms with Crippen LogP contribution in [0.1, 0.15) is 26.5 Å². The van der Waals surface area contributed by atoms with E-state index in [0.29, 0.717) is 11.8 Å². The zero-order chi connectivity index (χ0) is 15.8. The van der Waals surface area contributed by atoms with E-state index in [2.05, 4.69) is 9.88 Å². The summed E-state index contributed by atoms with van der Waals surface area (Å²) in [6.07, 6.45) is 0. The molecule has 0 aliphatic heterocycles. The standard InChI is InChI=1S/C13H14F2N2O3S/c1-13(2,3)11-7-12(16-20-11)17-21(18,19)10-6-8(14)4-5-9(10)15/h4-7H,1-3H3,(H,16,17). The summed E-state index contributed by atoms with van der Waals surface area (Å²) in [5.74, 6) is -1.54. The molecule has 1 aromatic carbocycles. The van der Waals surface area contributed by atoms with Gasteiger partial charge in [-0.1, -0.05) is 25.9 Å². The molecule has 1 heterocycles. The van der Waals surface area contributed by atoms with Gasteiger partial charge in [0.05, 0.1) is 0 Å². The van der Waals surface area contributed by atoms with E-state index >= 15 is 0 Å². The Morgan fingerprint density at radius 3 is 2.43 bits per heavy atom. The molecule has 0 spiro atoms. The number of halogens is 2. The van der Waals surface area contributed by atoms with Crippen molar-refractivity contribution in [2.24, 2.45) is 0 Å². The molecule has 21 heavy (non-hydrogen) atoms. The lowest BCUT2D eigenvalue weighted by molar-refractivity contribution is 0.331. The van der Waals surface area contributed by atoms with E-state index in [1.807, 2.05) is 20.8 Å². The summed E-state index contributed by atoms with van der Waals surface area (Å²) in [4.78, 5) is -0.789. The number of aromatic nitrogens is 1. The number of hydrogen-bond acceptors (Lipinski definition) is 4. The number of nitrogens with one attached hydrogen (secondary N) is 1. The molecule has 0 aliphatic rings. The molecule has 0 radical (unpaired) electrons. The number of sulfonamides is 1. The summed E-state index contributed by atoms with van der Waals surface area (Å²) < 4.78 is 57.8. The van der Waals surface area contributed by atoms with Crippen LogP contribution in [-0.4, -0.2) is 13.6 Å². The predicted octanol–water partition coefficient (Wildman–Crippen LogP) is 3.05. The van der Waals surface area contributed by atoms with Gasteiger partial charge >= 0.3 is 0 Å². The van der Waals surface area contributed by atoms with Crippen molar-refractivity contribution < 1.29 is 21.7 Å². The van der Waals surface area contributed by atoms with Crippen molar-refractivity contribution in [3.63, 3.8) is 0 Å². The quantitative estimate of drug-likeness (QED) is 0.944. The lowest BCUT2D eigenvalue weighted by Gasteiger charge is -2.12. The molecule has 0 fully saturated rings. The van der Waals surface area contributed by atoms with Crippen molar-refractivity contribution in [3.8, 4) is 0 Å². The third-order valence-electron chi connectivity index (χ3n) is 2.67. The highest BCUT2D eigenvalue weighted by Gasteiger charge is 2.24. The van der Waals surface area contributed by atoms with E-state index in [9.17, 15) is 17.2 Å². The number of anilines is 1. The molecule has 5 nitrogen and oxygen atoms in total. The van der Waals surface area contributed by atoms with E-state index in [1.54, 1.807) is 0 Å². The lowest BCUT2D eigenvalue weighted by atomic mass is 9.93. The van der Waals surface area contributed by atoms with Crippen LogP contribution in [0.15, 0.2) is 33.7 Å². The lowest BCUT2D eigenvalue weighted by Crippen LogP contribution is -2.15. The second kappa shape index (κ2) is 5.10. The molecular weight excluding hydrogens is 302 g/mol. The van der Waals surface area contributed by atoms with Gasteiger partial charge in [-0.15, -0.1) is 0 Å². The Labute approximate surface area is 121 Å². The van der Waals surface area contributed by atoms with Gasteiger partial charge in [0, 0.05) is 11.5 Å². The normalized spacial score (nSPS) is 12.4. The first-order valence-corrected chi connectivity index (χ1v) is 7.53. The van der Waals surface area contributed by atoms with Crippen molar-refractivity contribution in [1.29, 1.82) is 0 Å². The molecule has 114 valence electrons. The average molecular weight is 316 g/mol. The summed E-state index contributed by atoms with van der Waals surface area (Å²) in [5.41, 5.74) is -0.360. The van der Waals surface area contributed by atoms with Gasteiger partial charge in [-0.05, 0) is 18.2 Å². The molecule has 0 saturated carbocycles. The van der Waals surface area contributed by atoms with Gasteiger partial charge in [0.25, 0.3) is 10.0 Å². The van der Waals surface area contributed by atoms with E-state index < -0.39 is 26.6 Å². The molecule has 1 aromatic heterocycles. The summed E-state index contributed by atoms with van der Waals surface area (Å²) in [6.45, 7) is 5.58. The fourth-order valence-electron chi connectivity index (χ4n) is 1.55. The van der Waals surface area contributed by atoms with E-state index in [4.69, 9.17) is 4.52 Å². The van der Waals surface area contributed by atoms with Crippen LogP contribution in [0.5, 0.6) is 0 Å². The van der Waals surface area contributed by atoms with Crippen molar-refractivity contribution in [2.45, 2.75) is 31.1 Å². The van der Waals surface area contributed by atoms with E-state index in [0.717, 1.165) is 12.1 Å². The van der Waals surface area contributed by atoms with Gasteiger partial charge in [0.1, 0.15) is 22.3 Å². The second-order valence-electron chi connectivity index (χ2n) is 5.51. The molecule has 0 unspecified atom stereocenters. The van der Waals surface area contributed by atoms with E-state index in [-0.39, 0.29) is 11.2 Å². The first-order chi connectivity index (χ1) is 9.59. The molecule has 8 heteroatoms. The largest absolute Gasteiger partial charge is 0.359 e. The second-order valence-corrected chi connectivity index (χ2v) is 7.16. The Balaban J connectivity index is 2.34. The van der Waals surface area contributed by atoms with Crippen molar-refractivity contribution in [3.05, 3.63) is 41.7 Å². The Hall–Kier alpha value is -1.96. The number of nitrogens with zero attached hydrogens (tertiary/aromatic N) is 1. The highest BCUT2D eigenvalue weighted by molar-refractivity contribution is 7.92. The minimum absolute atomic E-state index is 0.0939. The maximum absolute atomic E-state index is 13.5. The summed E-state index contributed by atoms with van der Waals surface area (Å²) in [5, 5.41) is 3.56. The molecule has 2 aromatic rings. The molecule has 0 atom stereocenters. The van der Waals surface area contributed by atoms with Crippen LogP contribution in [0.25, 0.3) is 0 Å². The highest BCUT2D eigenvalue weighted by Crippen LogP contribution is 2.26. The molecule has 1 N–H and O–H groups in total. The number of benzene rings is 1. The molecule has 0 aliphatic carbocycles. The smallest absolute Gasteiger partial charge is 0.266 e. The van der Waals surface area contributed by atoms with Gasteiger partial charge in [-0.2, -0.15) is 0 Å². The monoisotopic (exact) mass is 316 g/mol. The first kappa shape index (κ1) is 15.4. The Morgan fingerprint density at radius 1 is 1.19 bits per heavy atom. The summed E-state index contributed by atoms with van der Waals surface area (Å²) in [7, 11) is -4.29. The fourth-order valence-corrected chi connectivity index (χ4v) is 2.63. The first-order valence-electron chi connectivity index (χ1n) is 6.05. The van der Waals surface area contributed by atoms with Crippen LogP contribution >= 0.6 is 0 Å². The van der Waals surface area contributed by atoms with Crippen LogP contribution in [0.3, 0.4) is 0 Å². The minimum atomic E-state index is -4.29. The third-order valence-corrected chi connectivity index (χ3v) is 4.04. The topological polar surface area (TPSA) is 72.2 Å². The molecule has 0 saturated heterocycles. The maximum atomic E-state index is 13.5. The molecular formula is C13H14F2N2O3S. The zero-order valence-corrected chi connectivity index (χ0v) is 12.5. The van der Waals surface area contributed by atoms with E-state index in [1.165, 1.54) is 6.07 Å². The van der Waals surface area contributed by atoms with Crippen LogP contribution in [0.2, 0.25) is 0 Å². The van der Waals surface area contributed by atoms with Crippen molar-refractivity contribution in [2.75, 3.05) is 4.72 Å². The fraction of sp³-hybridized carbons (Fsp3) is 0.308. The van der Waals surface area contributed by atoms with Crippen molar-refractivity contribution >= 4 is 15.8 Å². The average Bonchev–Trinajstić information content (AvgIpc) is 2.79. The SMILES string of the molecule is CC(C)(C)c1cc(NS(=O)(=O)c2cc(F)ccc2F)no1. The third kappa shape index (κ3) is 3.38. The van der Waals surface area contributed by atoms with Gasteiger partial charge in [-0.3, -0.25) is 4.72 Å².